The number of methoxy groups -OCH3 is 2. The lowest BCUT2D eigenvalue weighted by molar-refractivity contribution is -0.116. The Morgan fingerprint density at radius 3 is 2.40 bits per heavy atom. The Bertz CT molecular complexity index is 1380. The van der Waals surface area contributed by atoms with Crippen LogP contribution >= 0.6 is 11.6 Å². The first-order valence-corrected chi connectivity index (χ1v) is 13.6. The number of hydrogen-bond donors (Lipinski definition) is 1. The van der Waals surface area contributed by atoms with Crippen molar-refractivity contribution in [2.45, 2.75) is 25.9 Å². The fourth-order valence-electron chi connectivity index (χ4n) is 4.17. The van der Waals surface area contributed by atoms with Crippen LogP contribution in [0.25, 0.3) is 6.08 Å². The molecule has 6 nitrogen and oxygen atoms in total. The number of nitrogens with one attached hydrogen (secondary N) is 1. The predicted molar refractivity (Wildman–Crippen MR) is 159 cm³/mol. The van der Waals surface area contributed by atoms with Crippen LogP contribution in [0.1, 0.15) is 29.5 Å². The van der Waals surface area contributed by atoms with Gasteiger partial charge in [0.25, 0.3) is 0 Å². The Labute approximate surface area is 240 Å². The van der Waals surface area contributed by atoms with E-state index in [1.54, 1.807) is 32.4 Å². The summed E-state index contributed by atoms with van der Waals surface area (Å²) in [6.45, 7) is 1.33. The van der Waals surface area contributed by atoms with Crippen molar-refractivity contribution in [3.8, 4) is 23.0 Å². The summed E-state index contributed by atoms with van der Waals surface area (Å²) in [7, 11) is 3.19. The van der Waals surface area contributed by atoms with Gasteiger partial charge in [-0.1, -0.05) is 66.2 Å². The van der Waals surface area contributed by atoms with Crippen molar-refractivity contribution in [3.63, 3.8) is 0 Å². The lowest BCUT2D eigenvalue weighted by atomic mass is 10.1. The van der Waals surface area contributed by atoms with Gasteiger partial charge in [-0.25, -0.2) is 0 Å². The van der Waals surface area contributed by atoms with E-state index < -0.39 is 0 Å². The third kappa shape index (κ3) is 8.42. The summed E-state index contributed by atoms with van der Waals surface area (Å²) in [5.41, 5.74) is 3.88. The zero-order valence-corrected chi connectivity index (χ0v) is 23.6. The molecule has 4 rings (SSSR count). The van der Waals surface area contributed by atoms with Crippen LogP contribution in [0.2, 0.25) is 5.02 Å². The molecule has 0 unspecified atom stereocenters. The highest BCUT2D eigenvalue weighted by Crippen LogP contribution is 2.34. The van der Waals surface area contributed by atoms with Crippen molar-refractivity contribution in [1.82, 2.24) is 5.32 Å². The molecule has 0 spiro atoms. The maximum Gasteiger partial charge on any atom is 0.244 e. The molecule has 0 fully saturated rings. The number of halogens is 1. The molecule has 0 heterocycles. The molecule has 3 aromatic rings. The number of rotatable bonds is 13. The standard InChI is InChI=1S/C33H34ClNO5/c1-37-29-15-13-24(19-31(29)39-22-25-9-5-3-6-10-25)17-18-35-33(36)16-14-27-20-32(30(38-2)21-28(27)34)40-23-26-11-7-4-8-12-26/h3,5-7,9-16,19-21H,4,8,17-18,22-23H2,1-2H3,(H,35,36)/b16-14+. The van der Waals surface area contributed by atoms with Gasteiger partial charge < -0.3 is 24.3 Å². The fraction of sp³-hybridized carbons (Fsp3) is 0.242. The largest absolute Gasteiger partial charge is 0.493 e. The number of carbonyl (C=O) groups is 1. The van der Waals surface area contributed by atoms with E-state index in [4.69, 9.17) is 30.5 Å². The zero-order valence-electron chi connectivity index (χ0n) is 22.8. The van der Waals surface area contributed by atoms with Crippen LogP contribution in [0, 0.1) is 0 Å². The fourth-order valence-corrected chi connectivity index (χ4v) is 4.38. The molecule has 1 aliphatic carbocycles. The van der Waals surface area contributed by atoms with Crippen molar-refractivity contribution in [2.24, 2.45) is 0 Å². The highest BCUT2D eigenvalue weighted by Gasteiger charge is 2.11. The minimum Gasteiger partial charge on any atom is -0.493 e. The Hall–Kier alpha value is -4.16. The van der Waals surface area contributed by atoms with Gasteiger partial charge in [0.15, 0.2) is 23.0 Å². The number of hydrogen-bond acceptors (Lipinski definition) is 5. The Morgan fingerprint density at radius 1 is 0.875 bits per heavy atom. The lowest BCUT2D eigenvalue weighted by Crippen LogP contribution is -2.23. The molecular weight excluding hydrogens is 526 g/mol. The second-order valence-electron chi connectivity index (χ2n) is 9.21. The average molecular weight is 560 g/mol. The number of amides is 1. The molecule has 1 amide bonds. The maximum absolute atomic E-state index is 12.5. The molecule has 7 heteroatoms. The third-order valence-electron chi connectivity index (χ3n) is 6.34. The van der Waals surface area contributed by atoms with E-state index >= 15 is 0 Å². The Kier molecular flexibility index (Phi) is 10.7. The van der Waals surface area contributed by atoms with Gasteiger partial charge in [0.1, 0.15) is 13.2 Å². The zero-order chi connectivity index (χ0) is 28.2. The molecule has 0 saturated heterocycles. The molecule has 0 atom stereocenters. The second kappa shape index (κ2) is 14.8. The summed E-state index contributed by atoms with van der Waals surface area (Å²) in [6, 6.07) is 19.2. The van der Waals surface area contributed by atoms with Gasteiger partial charge >= 0.3 is 0 Å². The molecule has 40 heavy (non-hydrogen) atoms. The van der Waals surface area contributed by atoms with E-state index in [1.807, 2.05) is 48.5 Å². The quantitative estimate of drug-likeness (QED) is 0.229. The van der Waals surface area contributed by atoms with E-state index in [2.05, 4.69) is 23.5 Å². The van der Waals surface area contributed by atoms with Crippen molar-refractivity contribution >= 4 is 23.6 Å². The number of allylic oxidation sites excluding steroid dienone is 2. The summed E-state index contributed by atoms with van der Waals surface area (Å²) < 4.78 is 22.9. The topological polar surface area (TPSA) is 66.0 Å². The smallest absolute Gasteiger partial charge is 0.244 e. The van der Waals surface area contributed by atoms with Crippen molar-refractivity contribution in [3.05, 3.63) is 112 Å². The van der Waals surface area contributed by atoms with Crippen molar-refractivity contribution < 1.29 is 23.7 Å². The number of benzene rings is 3. The van der Waals surface area contributed by atoms with Gasteiger partial charge in [-0.05, 0) is 65.8 Å². The van der Waals surface area contributed by atoms with E-state index in [0.717, 1.165) is 29.5 Å². The molecule has 0 aliphatic heterocycles. The minimum atomic E-state index is -0.221. The summed E-state index contributed by atoms with van der Waals surface area (Å²) in [6.07, 6.45) is 12.2. The second-order valence-corrected chi connectivity index (χ2v) is 9.61. The van der Waals surface area contributed by atoms with E-state index in [-0.39, 0.29) is 5.91 Å². The molecule has 0 saturated carbocycles. The van der Waals surface area contributed by atoms with Gasteiger partial charge in [0.05, 0.1) is 19.2 Å². The normalized spacial score (nSPS) is 12.6. The maximum atomic E-state index is 12.5. The summed E-state index contributed by atoms with van der Waals surface area (Å²) in [5, 5.41) is 3.38. The van der Waals surface area contributed by atoms with Crippen LogP contribution in [0.15, 0.2) is 90.5 Å². The first-order valence-electron chi connectivity index (χ1n) is 13.2. The first kappa shape index (κ1) is 28.8. The average Bonchev–Trinajstić information content (AvgIpc) is 2.99. The summed E-state index contributed by atoms with van der Waals surface area (Å²) in [4.78, 5) is 12.5. The molecule has 208 valence electrons. The van der Waals surface area contributed by atoms with E-state index in [1.165, 1.54) is 6.08 Å². The molecular formula is C33H34ClNO5. The van der Waals surface area contributed by atoms with Gasteiger partial charge in [-0.3, -0.25) is 4.79 Å². The summed E-state index contributed by atoms with van der Waals surface area (Å²) in [5.74, 6) is 2.22. The monoisotopic (exact) mass is 559 g/mol. The van der Waals surface area contributed by atoms with Crippen molar-refractivity contribution in [1.29, 1.82) is 0 Å². The molecule has 1 N–H and O–H groups in total. The third-order valence-corrected chi connectivity index (χ3v) is 6.67. The highest BCUT2D eigenvalue weighted by atomic mass is 35.5. The molecule has 0 aromatic heterocycles. The summed E-state index contributed by atoms with van der Waals surface area (Å²) >= 11 is 6.44. The van der Waals surface area contributed by atoms with E-state index in [0.29, 0.717) is 59.8 Å². The SMILES string of the molecule is COc1cc(Cl)c(/C=C/C(=O)NCCc2ccc(OC)c(OCc3ccccc3)c2)cc1OCC1=CCCC=C1. The predicted octanol–water partition coefficient (Wildman–Crippen LogP) is 6.96. The highest BCUT2D eigenvalue weighted by molar-refractivity contribution is 6.32. The molecule has 3 aromatic carbocycles. The Morgan fingerprint density at radius 2 is 1.65 bits per heavy atom. The van der Waals surface area contributed by atoms with Crippen LogP contribution in [0.4, 0.5) is 0 Å². The van der Waals surface area contributed by atoms with Crippen LogP contribution in [0.3, 0.4) is 0 Å². The lowest BCUT2D eigenvalue weighted by Gasteiger charge is -2.14. The molecule has 1 aliphatic rings. The van der Waals surface area contributed by atoms with E-state index in [9.17, 15) is 4.79 Å². The van der Waals surface area contributed by atoms with Crippen LogP contribution < -0.4 is 24.3 Å². The number of ether oxygens (including phenoxy) is 4. The Balaban J connectivity index is 1.32. The van der Waals surface area contributed by atoms with Crippen LogP contribution in [0.5, 0.6) is 23.0 Å². The first-order chi connectivity index (χ1) is 19.6. The van der Waals surface area contributed by atoms with Gasteiger partial charge in [0, 0.05) is 18.7 Å². The van der Waals surface area contributed by atoms with Crippen molar-refractivity contribution in [2.75, 3.05) is 27.4 Å². The van der Waals surface area contributed by atoms with Gasteiger partial charge in [-0.2, -0.15) is 0 Å². The molecule has 0 radical (unpaired) electrons. The number of carbonyl (C=O) groups excluding carboxylic acids is 1. The van der Waals surface area contributed by atoms with Crippen LogP contribution in [-0.2, 0) is 17.8 Å². The minimum absolute atomic E-state index is 0.221. The van der Waals surface area contributed by atoms with Gasteiger partial charge in [0.2, 0.25) is 5.91 Å². The van der Waals surface area contributed by atoms with Crippen LogP contribution in [-0.4, -0.2) is 33.3 Å². The molecule has 0 bridgehead atoms. The van der Waals surface area contributed by atoms with Gasteiger partial charge in [-0.15, -0.1) is 0 Å².